The van der Waals surface area contributed by atoms with Crippen LogP contribution in [-0.2, 0) is 17.3 Å². The van der Waals surface area contributed by atoms with E-state index >= 15 is 0 Å². The number of ether oxygens (including phenoxy) is 1. The first kappa shape index (κ1) is 20.0. The van der Waals surface area contributed by atoms with Crippen molar-refractivity contribution in [3.63, 3.8) is 0 Å². The summed E-state index contributed by atoms with van der Waals surface area (Å²) in [6.45, 7) is 18.5. The zero-order chi connectivity index (χ0) is 20.1. The first-order valence-corrected chi connectivity index (χ1v) is 10.3. The lowest BCUT2D eigenvalue weighted by Gasteiger charge is -2.27. The minimum Gasteiger partial charge on any atom is -0.496 e. The summed E-state index contributed by atoms with van der Waals surface area (Å²) < 4.78 is 5.72. The Labute approximate surface area is 166 Å². The molecule has 1 aliphatic carbocycles. The van der Waals surface area contributed by atoms with Crippen LogP contribution in [0.2, 0.25) is 0 Å². The lowest BCUT2D eigenvalue weighted by atomic mass is 9.78. The Bertz CT molecular complexity index is 813. The summed E-state index contributed by atoms with van der Waals surface area (Å²) >= 11 is 0. The number of rotatable bonds is 2. The smallest absolute Gasteiger partial charge is 0.122 e. The van der Waals surface area contributed by atoms with Crippen molar-refractivity contribution >= 4 is 0 Å². The maximum atomic E-state index is 5.72. The normalized spacial score (nSPS) is 19.9. The molecule has 0 spiro atoms. The van der Waals surface area contributed by atoms with Gasteiger partial charge in [-0.3, -0.25) is 0 Å². The van der Waals surface area contributed by atoms with Gasteiger partial charge in [0.25, 0.3) is 0 Å². The van der Waals surface area contributed by atoms with Crippen LogP contribution in [-0.4, -0.2) is 7.11 Å². The van der Waals surface area contributed by atoms with Crippen molar-refractivity contribution in [3.05, 3.63) is 52.6 Å². The molecule has 3 rings (SSSR count). The van der Waals surface area contributed by atoms with E-state index in [-0.39, 0.29) is 10.8 Å². The van der Waals surface area contributed by atoms with Crippen LogP contribution in [0.4, 0.5) is 0 Å². The standard InChI is InChI=1S/C26H36O/c1-16-12-22-21(10-11-23(27-9)24(22)17(16)2)18-13-19(25(3,4)5)15-20(14-18)26(6,7)8/h10-11,13-17H,12H2,1-9H3. The van der Waals surface area contributed by atoms with Crippen molar-refractivity contribution in [1.82, 2.24) is 0 Å². The third kappa shape index (κ3) is 3.66. The second-order valence-electron chi connectivity index (χ2n) is 10.5. The third-order valence-electron chi connectivity index (χ3n) is 6.35. The van der Waals surface area contributed by atoms with Gasteiger partial charge in [0.15, 0.2) is 0 Å². The first-order valence-electron chi connectivity index (χ1n) is 10.3. The molecule has 0 aliphatic heterocycles. The van der Waals surface area contributed by atoms with Gasteiger partial charge in [0, 0.05) is 5.56 Å². The Morgan fingerprint density at radius 3 is 1.89 bits per heavy atom. The zero-order valence-electron chi connectivity index (χ0n) is 18.7. The number of methoxy groups -OCH3 is 1. The van der Waals surface area contributed by atoms with Crippen LogP contribution in [0.3, 0.4) is 0 Å². The first-order chi connectivity index (χ1) is 12.4. The van der Waals surface area contributed by atoms with E-state index in [1.807, 2.05) is 0 Å². The molecule has 2 aromatic carbocycles. The topological polar surface area (TPSA) is 9.23 Å². The molecule has 0 saturated heterocycles. The van der Waals surface area contributed by atoms with Crippen LogP contribution >= 0.6 is 0 Å². The van der Waals surface area contributed by atoms with Gasteiger partial charge < -0.3 is 4.74 Å². The molecule has 1 nitrogen and oxygen atoms in total. The molecule has 1 heteroatoms. The Morgan fingerprint density at radius 2 is 1.41 bits per heavy atom. The van der Waals surface area contributed by atoms with Gasteiger partial charge in [0.1, 0.15) is 5.75 Å². The molecule has 0 heterocycles. The summed E-state index contributed by atoms with van der Waals surface area (Å²) in [6, 6.07) is 11.7. The highest BCUT2D eigenvalue weighted by Gasteiger charge is 2.32. The van der Waals surface area contributed by atoms with Crippen LogP contribution in [0, 0.1) is 5.92 Å². The van der Waals surface area contributed by atoms with Crippen molar-refractivity contribution in [1.29, 1.82) is 0 Å². The molecule has 0 saturated carbocycles. The molecule has 2 aromatic rings. The molecule has 0 bridgehead atoms. The van der Waals surface area contributed by atoms with E-state index in [1.54, 1.807) is 7.11 Å². The van der Waals surface area contributed by atoms with Crippen LogP contribution in [0.1, 0.15) is 83.6 Å². The highest BCUT2D eigenvalue weighted by molar-refractivity contribution is 5.74. The molecule has 0 radical (unpaired) electrons. The number of benzene rings is 2. The maximum Gasteiger partial charge on any atom is 0.122 e. The average molecular weight is 365 g/mol. The van der Waals surface area contributed by atoms with Crippen molar-refractivity contribution in [2.24, 2.45) is 5.92 Å². The van der Waals surface area contributed by atoms with Crippen LogP contribution in [0.5, 0.6) is 5.75 Å². The van der Waals surface area contributed by atoms with Gasteiger partial charge >= 0.3 is 0 Å². The highest BCUT2D eigenvalue weighted by Crippen LogP contribution is 2.47. The Kier molecular flexibility index (Phi) is 4.95. The van der Waals surface area contributed by atoms with E-state index in [0.29, 0.717) is 11.8 Å². The van der Waals surface area contributed by atoms with E-state index in [0.717, 1.165) is 12.2 Å². The lowest BCUT2D eigenvalue weighted by Crippen LogP contribution is -2.16. The van der Waals surface area contributed by atoms with E-state index in [4.69, 9.17) is 4.74 Å². The fourth-order valence-electron chi connectivity index (χ4n) is 4.24. The lowest BCUT2D eigenvalue weighted by molar-refractivity contribution is 0.403. The number of hydrogen-bond donors (Lipinski definition) is 0. The van der Waals surface area contributed by atoms with Crippen LogP contribution in [0.15, 0.2) is 30.3 Å². The third-order valence-corrected chi connectivity index (χ3v) is 6.35. The molecule has 0 N–H and O–H groups in total. The van der Waals surface area contributed by atoms with Crippen molar-refractivity contribution in [3.8, 4) is 16.9 Å². The summed E-state index contributed by atoms with van der Waals surface area (Å²) in [5.41, 5.74) is 8.73. The molecular weight excluding hydrogens is 328 g/mol. The Balaban J connectivity index is 2.27. The SMILES string of the molecule is COc1ccc(-c2cc(C(C)(C)C)cc(C(C)(C)C)c2)c2c1C(C)C(C)C2. The van der Waals surface area contributed by atoms with Crippen LogP contribution < -0.4 is 4.74 Å². The molecule has 2 unspecified atom stereocenters. The molecule has 1 aliphatic rings. The van der Waals surface area contributed by atoms with E-state index in [2.05, 4.69) is 85.7 Å². The van der Waals surface area contributed by atoms with Gasteiger partial charge in [-0.25, -0.2) is 0 Å². The minimum atomic E-state index is 0.131. The Morgan fingerprint density at radius 1 is 0.852 bits per heavy atom. The monoisotopic (exact) mass is 364 g/mol. The molecular formula is C26H36O. The molecule has 146 valence electrons. The van der Waals surface area contributed by atoms with E-state index in [9.17, 15) is 0 Å². The van der Waals surface area contributed by atoms with Crippen molar-refractivity contribution in [2.45, 2.75) is 78.6 Å². The Hall–Kier alpha value is -1.76. The second kappa shape index (κ2) is 6.69. The largest absolute Gasteiger partial charge is 0.496 e. The van der Waals surface area contributed by atoms with Gasteiger partial charge in [-0.05, 0) is 63.0 Å². The predicted octanol–water partition coefficient (Wildman–Crippen LogP) is 7.25. The van der Waals surface area contributed by atoms with Gasteiger partial charge in [0.05, 0.1) is 7.11 Å². The van der Waals surface area contributed by atoms with Gasteiger partial charge in [-0.2, -0.15) is 0 Å². The van der Waals surface area contributed by atoms with E-state index < -0.39 is 0 Å². The fourth-order valence-corrected chi connectivity index (χ4v) is 4.24. The zero-order valence-corrected chi connectivity index (χ0v) is 18.7. The minimum absolute atomic E-state index is 0.131. The quantitative estimate of drug-likeness (QED) is 0.545. The van der Waals surface area contributed by atoms with Gasteiger partial charge in [-0.1, -0.05) is 79.7 Å². The average Bonchev–Trinajstić information content (AvgIpc) is 2.87. The van der Waals surface area contributed by atoms with Crippen molar-refractivity contribution in [2.75, 3.05) is 7.11 Å². The molecule has 27 heavy (non-hydrogen) atoms. The summed E-state index contributed by atoms with van der Waals surface area (Å²) in [5.74, 6) is 2.25. The molecule has 0 aromatic heterocycles. The summed E-state index contributed by atoms with van der Waals surface area (Å²) in [5, 5.41) is 0. The molecule has 2 atom stereocenters. The number of hydrogen-bond acceptors (Lipinski definition) is 1. The molecule has 0 amide bonds. The second-order valence-corrected chi connectivity index (χ2v) is 10.5. The number of fused-ring (bicyclic) bond motifs is 1. The molecule has 0 fully saturated rings. The van der Waals surface area contributed by atoms with Gasteiger partial charge in [0.2, 0.25) is 0 Å². The van der Waals surface area contributed by atoms with E-state index in [1.165, 1.54) is 33.4 Å². The summed E-state index contributed by atoms with van der Waals surface area (Å²) in [6.07, 6.45) is 1.13. The predicted molar refractivity (Wildman–Crippen MR) is 117 cm³/mol. The van der Waals surface area contributed by atoms with Crippen molar-refractivity contribution < 1.29 is 4.74 Å². The van der Waals surface area contributed by atoms with Crippen LogP contribution in [0.25, 0.3) is 11.1 Å². The fraction of sp³-hybridized carbons (Fsp3) is 0.538. The summed E-state index contributed by atoms with van der Waals surface area (Å²) in [4.78, 5) is 0. The highest BCUT2D eigenvalue weighted by atomic mass is 16.5. The maximum absolute atomic E-state index is 5.72. The van der Waals surface area contributed by atoms with Gasteiger partial charge in [-0.15, -0.1) is 0 Å². The summed E-state index contributed by atoms with van der Waals surface area (Å²) in [7, 11) is 1.79.